The van der Waals surface area contributed by atoms with Gasteiger partial charge in [-0.15, -0.1) is 0 Å². The van der Waals surface area contributed by atoms with Crippen LogP contribution in [0.4, 0.5) is 5.82 Å². The summed E-state index contributed by atoms with van der Waals surface area (Å²) in [6.07, 6.45) is 0.252. The number of amides is 1. The summed E-state index contributed by atoms with van der Waals surface area (Å²) < 4.78 is 23.4. The lowest BCUT2D eigenvalue weighted by Crippen LogP contribution is -2.26. The summed E-state index contributed by atoms with van der Waals surface area (Å²) in [5.74, 6) is 1.43. The van der Waals surface area contributed by atoms with Gasteiger partial charge in [0.15, 0.2) is 11.5 Å². The van der Waals surface area contributed by atoms with Crippen molar-refractivity contribution in [2.45, 2.75) is 32.7 Å². The Kier molecular flexibility index (Phi) is 5.04. The Bertz CT molecular complexity index is 950. The quantitative estimate of drug-likeness (QED) is 0.765. The number of carbonyl (C=O) groups excluding carboxylic acids is 2. The predicted octanol–water partition coefficient (Wildman–Crippen LogP) is 2.01. The molecule has 2 aliphatic heterocycles. The van der Waals surface area contributed by atoms with E-state index in [-0.39, 0.29) is 31.4 Å². The summed E-state index contributed by atoms with van der Waals surface area (Å²) in [6, 6.07) is 3.74. The number of anilines is 1. The number of nitrogens with zero attached hydrogens (tertiary/aromatic N) is 2. The molecule has 2 aromatic rings. The van der Waals surface area contributed by atoms with E-state index < -0.39 is 5.97 Å². The van der Waals surface area contributed by atoms with E-state index in [1.165, 1.54) is 4.68 Å². The second-order valence-electron chi connectivity index (χ2n) is 6.86. The predicted molar refractivity (Wildman–Crippen MR) is 103 cm³/mol. The van der Waals surface area contributed by atoms with Gasteiger partial charge in [0.2, 0.25) is 11.7 Å². The Morgan fingerprint density at radius 1 is 1.34 bits per heavy atom. The molecule has 1 aromatic carbocycles. The normalized spacial score (nSPS) is 17.3. The fraction of sp³-hybridized carbons (Fsp3) is 0.450. The van der Waals surface area contributed by atoms with Crippen LogP contribution in [0.2, 0.25) is 0 Å². The van der Waals surface area contributed by atoms with Gasteiger partial charge in [-0.25, -0.2) is 4.68 Å². The molecule has 1 N–H and O–H groups in total. The Labute approximate surface area is 167 Å². The van der Waals surface area contributed by atoms with E-state index in [1.807, 2.05) is 19.1 Å². The van der Waals surface area contributed by atoms with Crippen molar-refractivity contribution in [2.75, 3.05) is 32.2 Å². The number of fused-ring (bicyclic) bond motifs is 2. The number of nitrogens with one attached hydrogen (secondary N) is 1. The zero-order valence-electron chi connectivity index (χ0n) is 16.6. The fourth-order valence-corrected chi connectivity index (χ4v) is 3.84. The fourth-order valence-electron chi connectivity index (χ4n) is 3.84. The van der Waals surface area contributed by atoms with Gasteiger partial charge in [-0.2, -0.15) is 5.10 Å². The summed E-state index contributed by atoms with van der Waals surface area (Å²) in [5.41, 5.74) is 2.47. The molecule has 2 aliphatic rings. The lowest BCUT2D eigenvalue weighted by Gasteiger charge is -2.27. The molecule has 9 nitrogen and oxygen atoms in total. The molecule has 0 radical (unpaired) electrons. The number of methoxy groups -OCH3 is 1. The smallest absolute Gasteiger partial charge is 0.327 e. The monoisotopic (exact) mass is 401 g/mol. The molecular weight excluding hydrogens is 378 g/mol. The first-order valence-corrected chi connectivity index (χ1v) is 9.52. The highest BCUT2D eigenvalue weighted by Gasteiger charge is 2.34. The minimum Gasteiger partial charge on any atom is -0.493 e. The standard InChI is InChI=1S/C20H23N3O6/c1-4-27-17(25)10-23-20-18(11(2)22-23)13(9-16(24)21-20)12-7-14(26-3)19-15(8-12)28-5-6-29-19/h7-8,13H,4-6,9-10H2,1-3H3,(H,21,24). The molecule has 0 spiro atoms. The van der Waals surface area contributed by atoms with Crippen molar-refractivity contribution in [1.29, 1.82) is 0 Å². The van der Waals surface area contributed by atoms with E-state index >= 15 is 0 Å². The highest BCUT2D eigenvalue weighted by Crippen LogP contribution is 2.46. The first-order valence-electron chi connectivity index (χ1n) is 9.52. The van der Waals surface area contributed by atoms with Gasteiger partial charge in [0.25, 0.3) is 0 Å². The van der Waals surface area contributed by atoms with E-state index in [9.17, 15) is 9.59 Å². The zero-order valence-corrected chi connectivity index (χ0v) is 16.6. The summed E-state index contributed by atoms with van der Waals surface area (Å²) in [6.45, 7) is 4.73. The summed E-state index contributed by atoms with van der Waals surface area (Å²) in [5, 5.41) is 7.32. The SMILES string of the molecule is CCOC(=O)Cn1nc(C)c2c1NC(=O)CC2c1cc(OC)c2c(c1)OCCO2. The molecule has 1 aromatic heterocycles. The Hall–Kier alpha value is -3.23. The van der Waals surface area contributed by atoms with Crippen molar-refractivity contribution in [1.82, 2.24) is 9.78 Å². The van der Waals surface area contributed by atoms with Crippen molar-refractivity contribution in [3.63, 3.8) is 0 Å². The van der Waals surface area contributed by atoms with Gasteiger partial charge >= 0.3 is 5.97 Å². The number of carbonyl (C=O) groups is 2. The van der Waals surface area contributed by atoms with Crippen molar-refractivity contribution in [2.24, 2.45) is 0 Å². The molecule has 9 heteroatoms. The second kappa shape index (κ2) is 7.65. The van der Waals surface area contributed by atoms with E-state index in [1.54, 1.807) is 14.0 Å². The van der Waals surface area contributed by atoms with Crippen LogP contribution in [0.15, 0.2) is 12.1 Å². The molecule has 1 amide bonds. The maximum Gasteiger partial charge on any atom is 0.327 e. The van der Waals surface area contributed by atoms with Gasteiger partial charge in [0.05, 0.1) is 19.4 Å². The average Bonchev–Trinajstić information content (AvgIpc) is 3.01. The highest BCUT2D eigenvalue weighted by atomic mass is 16.6. The van der Waals surface area contributed by atoms with Gasteiger partial charge in [-0.1, -0.05) is 0 Å². The van der Waals surface area contributed by atoms with Crippen molar-refractivity contribution in [3.8, 4) is 17.2 Å². The molecular formula is C20H23N3O6. The van der Waals surface area contributed by atoms with E-state index in [4.69, 9.17) is 18.9 Å². The van der Waals surface area contributed by atoms with Crippen molar-refractivity contribution >= 4 is 17.7 Å². The molecule has 1 unspecified atom stereocenters. The van der Waals surface area contributed by atoms with E-state index in [2.05, 4.69) is 10.4 Å². The van der Waals surface area contributed by atoms with Crippen LogP contribution in [-0.4, -0.2) is 48.6 Å². The number of hydrogen-bond acceptors (Lipinski definition) is 7. The van der Waals surface area contributed by atoms with Crippen LogP contribution in [-0.2, 0) is 20.9 Å². The third-order valence-corrected chi connectivity index (χ3v) is 5.01. The molecule has 29 heavy (non-hydrogen) atoms. The maximum absolute atomic E-state index is 12.5. The third kappa shape index (κ3) is 3.48. The third-order valence-electron chi connectivity index (χ3n) is 5.01. The number of hydrogen-bond donors (Lipinski definition) is 1. The van der Waals surface area contributed by atoms with Gasteiger partial charge in [0.1, 0.15) is 25.6 Å². The molecule has 154 valence electrons. The molecule has 0 bridgehead atoms. The van der Waals surface area contributed by atoms with Crippen molar-refractivity contribution in [3.05, 3.63) is 29.0 Å². The van der Waals surface area contributed by atoms with E-state index in [0.717, 1.165) is 16.8 Å². The van der Waals surface area contributed by atoms with Crippen LogP contribution < -0.4 is 19.5 Å². The average molecular weight is 401 g/mol. The van der Waals surface area contributed by atoms with Crippen LogP contribution in [0.25, 0.3) is 0 Å². The summed E-state index contributed by atoms with van der Waals surface area (Å²) >= 11 is 0. The minimum atomic E-state index is -0.407. The number of ether oxygens (including phenoxy) is 4. The molecule has 0 saturated carbocycles. The lowest BCUT2D eigenvalue weighted by atomic mass is 9.85. The zero-order chi connectivity index (χ0) is 20.5. The first-order chi connectivity index (χ1) is 14.0. The molecule has 1 atom stereocenters. The number of aryl methyl sites for hydroxylation is 1. The maximum atomic E-state index is 12.5. The Balaban J connectivity index is 1.77. The number of aromatic nitrogens is 2. The Morgan fingerprint density at radius 3 is 2.90 bits per heavy atom. The number of esters is 1. The highest BCUT2D eigenvalue weighted by molar-refractivity contribution is 5.95. The van der Waals surface area contributed by atoms with Gasteiger partial charge in [0, 0.05) is 17.9 Å². The molecule has 4 rings (SSSR count). The lowest BCUT2D eigenvalue weighted by molar-refractivity contribution is -0.144. The van der Waals surface area contributed by atoms with Crippen molar-refractivity contribution < 1.29 is 28.5 Å². The number of rotatable bonds is 5. The molecule has 0 saturated heterocycles. The largest absolute Gasteiger partial charge is 0.493 e. The van der Waals surface area contributed by atoms with E-state index in [0.29, 0.717) is 36.3 Å². The minimum absolute atomic E-state index is 0.0680. The van der Waals surface area contributed by atoms with Gasteiger partial charge < -0.3 is 24.3 Å². The molecule has 0 fully saturated rings. The summed E-state index contributed by atoms with van der Waals surface area (Å²) in [4.78, 5) is 24.4. The first kappa shape index (κ1) is 19.1. The summed E-state index contributed by atoms with van der Waals surface area (Å²) in [7, 11) is 1.57. The van der Waals surface area contributed by atoms with Crippen LogP contribution >= 0.6 is 0 Å². The molecule has 0 aliphatic carbocycles. The molecule has 3 heterocycles. The Morgan fingerprint density at radius 2 is 2.14 bits per heavy atom. The number of benzene rings is 1. The van der Waals surface area contributed by atoms with Gasteiger partial charge in [-0.3, -0.25) is 9.59 Å². The van der Waals surface area contributed by atoms with Crippen LogP contribution in [0.3, 0.4) is 0 Å². The second-order valence-corrected chi connectivity index (χ2v) is 6.86. The van der Waals surface area contributed by atoms with Crippen LogP contribution in [0, 0.1) is 6.92 Å². The van der Waals surface area contributed by atoms with Crippen LogP contribution in [0.1, 0.15) is 36.1 Å². The van der Waals surface area contributed by atoms with Crippen LogP contribution in [0.5, 0.6) is 17.2 Å². The topological polar surface area (TPSA) is 101 Å². The van der Waals surface area contributed by atoms with Gasteiger partial charge in [-0.05, 0) is 31.5 Å².